The van der Waals surface area contributed by atoms with Crippen LogP contribution in [0, 0.1) is 0 Å². The highest BCUT2D eigenvalue weighted by molar-refractivity contribution is 7.47. The van der Waals surface area contributed by atoms with Crippen molar-refractivity contribution in [3.8, 4) is 0 Å². The van der Waals surface area contributed by atoms with Crippen LogP contribution >= 0.6 is 7.82 Å². The van der Waals surface area contributed by atoms with E-state index < -0.39 is 26.5 Å². The van der Waals surface area contributed by atoms with E-state index in [2.05, 4.69) is 50.3 Å². The normalized spacial score (nSPS) is 14.1. The molecule has 0 aliphatic carbocycles. The average molecular weight is 743 g/mol. The van der Waals surface area contributed by atoms with Crippen molar-refractivity contribution in [2.24, 2.45) is 0 Å². The molecule has 0 radical (unpaired) electrons. The summed E-state index contributed by atoms with van der Waals surface area (Å²) in [6, 6.07) is 0. The van der Waals surface area contributed by atoms with E-state index in [1.165, 1.54) is 44.9 Å². The number of rotatable bonds is 36. The average Bonchev–Trinajstić information content (AvgIpc) is 3.07. The van der Waals surface area contributed by atoms with Gasteiger partial charge in [0.25, 0.3) is 0 Å². The number of phosphoric ester groups is 1. The lowest BCUT2D eigenvalue weighted by molar-refractivity contribution is -0.870. The summed E-state index contributed by atoms with van der Waals surface area (Å²) in [7, 11) is 1.46. The van der Waals surface area contributed by atoms with Crippen molar-refractivity contribution in [3.63, 3.8) is 0 Å². The lowest BCUT2D eigenvalue weighted by Crippen LogP contribution is -2.37. The van der Waals surface area contributed by atoms with Crippen molar-refractivity contribution < 1.29 is 42.1 Å². The van der Waals surface area contributed by atoms with Crippen LogP contribution in [0.5, 0.6) is 0 Å². The van der Waals surface area contributed by atoms with Crippen LogP contribution in [0.3, 0.4) is 0 Å². The number of hydrogen-bond acceptors (Lipinski definition) is 7. The van der Waals surface area contributed by atoms with Gasteiger partial charge in [0, 0.05) is 12.8 Å². The van der Waals surface area contributed by atoms with E-state index >= 15 is 0 Å². The monoisotopic (exact) mass is 743 g/mol. The first-order valence-corrected chi connectivity index (χ1v) is 21.7. The van der Waals surface area contributed by atoms with Crippen LogP contribution in [0.1, 0.15) is 162 Å². The Bertz CT molecular complexity index is 975. The molecule has 0 amide bonds. The van der Waals surface area contributed by atoms with Gasteiger partial charge in [-0.2, -0.15) is 0 Å². The highest BCUT2D eigenvalue weighted by atomic mass is 31.2. The molecular weight excluding hydrogens is 665 g/mol. The predicted molar refractivity (Wildman–Crippen MR) is 210 cm³/mol. The third-order valence-electron chi connectivity index (χ3n) is 8.39. The first-order valence-electron chi connectivity index (χ1n) is 20.2. The van der Waals surface area contributed by atoms with Crippen LogP contribution in [-0.4, -0.2) is 74.9 Å². The summed E-state index contributed by atoms with van der Waals surface area (Å²) in [5.74, 6) is -0.828. The minimum Gasteiger partial charge on any atom is -0.462 e. The number of allylic oxidation sites excluding steroid dienone is 6. The van der Waals surface area contributed by atoms with E-state index in [1.54, 1.807) is 0 Å². The van der Waals surface area contributed by atoms with Crippen LogP contribution in [0.2, 0.25) is 0 Å². The number of phosphoric acid groups is 1. The molecule has 0 rings (SSSR count). The van der Waals surface area contributed by atoms with E-state index in [9.17, 15) is 19.0 Å². The van der Waals surface area contributed by atoms with Crippen LogP contribution in [-0.2, 0) is 32.7 Å². The molecule has 9 nitrogen and oxygen atoms in total. The van der Waals surface area contributed by atoms with Crippen molar-refractivity contribution in [1.29, 1.82) is 0 Å². The van der Waals surface area contributed by atoms with Gasteiger partial charge in [-0.25, -0.2) is 4.57 Å². The Morgan fingerprint density at radius 2 is 1.06 bits per heavy atom. The van der Waals surface area contributed by atoms with Crippen molar-refractivity contribution in [1.82, 2.24) is 0 Å². The number of hydrogen-bond donors (Lipinski definition) is 1. The Hall–Kier alpha value is -1.77. The lowest BCUT2D eigenvalue weighted by atomic mass is 10.1. The zero-order chi connectivity index (χ0) is 37.9. The number of esters is 2. The zero-order valence-electron chi connectivity index (χ0n) is 33.3. The molecule has 0 aromatic carbocycles. The van der Waals surface area contributed by atoms with Gasteiger partial charge in [-0.05, 0) is 70.6 Å². The molecular formula is C41H77NO8P+. The Balaban J connectivity index is 4.44. The molecule has 0 aliphatic rings. The van der Waals surface area contributed by atoms with Gasteiger partial charge in [0.1, 0.15) is 19.8 Å². The molecule has 1 unspecified atom stereocenters. The number of ether oxygens (including phenoxy) is 2. The first-order chi connectivity index (χ1) is 24.5. The van der Waals surface area contributed by atoms with Crippen molar-refractivity contribution >= 4 is 19.8 Å². The Morgan fingerprint density at radius 3 is 1.57 bits per heavy atom. The molecule has 10 heteroatoms. The van der Waals surface area contributed by atoms with Crippen molar-refractivity contribution in [2.75, 3.05) is 47.5 Å². The van der Waals surface area contributed by atoms with Crippen LogP contribution < -0.4 is 0 Å². The molecule has 0 aromatic heterocycles. The summed E-state index contributed by atoms with van der Waals surface area (Å²) in [4.78, 5) is 35.2. The fourth-order valence-corrected chi connectivity index (χ4v) is 5.90. The number of carbonyl (C=O) groups is 2. The second kappa shape index (κ2) is 34.0. The fraction of sp³-hybridized carbons (Fsp3) is 0.805. The molecule has 0 bridgehead atoms. The van der Waals surface area contributed by atoms with Gasteiger partial charge in [-0.3, -0.25) is 18.6 Å². The van der Waals surface area contributed by atoms with E-state index in [0.717, 1.165) is 83.5 Å². The molecule has 1 N–H and O–H groups in total. The van der Waals surface area contributed by atoms with Gasteiger partial charge in [0.05, 0.1) is 27.7 Å². The number of likely N-dealkylation sites (N-methyl/N-ethyl adjacent to an activating group) is 1. The number of carbonyl (C=O) groups excluding carboxylic acids is 2. The highest BCUT2D eigenvalue weighted by Crippen LogP contribution is 2.43. The molecule has 0 aliphatic heterocycles. The maximum Gasteiger partial charge on any atom is 0.472 e. The van der Waals surface area contributed by atoms with E-state index in [4.69, 9.17) is 18.5 Å². The molecule has 0 fully saturated rings. The smallest absolute Gasteiger partial charge is 0.462 e. The number of nitrogens with zero attached hydrogens (tertiary/aromatic N) is 1. The quantitative estimate of drug-likeness (QED) is 0.0222. The molecule has 298 valence electrons. The van der Waals surface area contributed by atoms with Gasteiger partial charge in [0.15, 0.2) is 6.10 Å². The summed E-state index contributed by atoms with van der Waals surface area (Å²) >= 11 is 0. The van der Waals surface area contributed by atoms with Gasteiger partial charge in [0.2, 0.25) is 0 Å². The zero-order valence-corrected chi connectivity index (χ0v) is 34.2. The maximum absolute atomic E-state index is 12.6. The molecule has 0 heterocycles. The van der Waals surface area contributed by atoms with E-state index in [0.29, 0.717) is 17.4 Å². The van der Waals surface area contributed by atoms with Gasteiger partial charge >= 0.3 is 19.8 Å². The fourth-order valence-electron chi connectivity index (χ4n) is 5.15. The molecule has 51 heavy (non-hydrogen) atoms. The maximum atomic E-state index is 12.6. The summed E-state index contributed by atoms with van der Waals surface area (Å²) in [6.45, 7) is 4.33. The summed E-state index contributed by atoms with van der Waals surface area (Å²) in [5, 5.41) is 0. The Morgan fingerprint density at radius 1 is 0.608 bits per heavy atom. The lowest BCUT2D eigenvalue weighted by Gasteiger charge is -2.24. The highest BCUT2D eigenvalue weighted by Gasteiger charge is 2.27. The second-order valence-electron chi connectivity index (χ2n) is 14.7. The summed E-state index contributed by atoms with van der Waals surface area (Å²) < 4.78 is 34.2. The van der Waals surface area contributed by atoms with E-state index in [1.807, 2.05) is 21.1 Å². The number of quaternary nitrogens is 1. The molecule has 0 spiro atoms. The van der Waals surface area contributed by atoms with Crippen LogP contribution in [0.15, 0.2) is 36.5 Å². The van der Waals surface area contributed by atoms with Crippen molar-refractivity contribution in [3.05, 3.63) is 36.5 Å². The predicted octanol–water partition coefficient (Wildman–Crippen LogP) is 11.0. The minimum absolute atomic E-state index is 0.0273. The van der Waals surface area contributed by atoms with Gasteiger partial charge in [-0.15, -0.1) is 0 Å². The van der Waals surface area contributed by atoms with Crippen LogP contribution in [0.25, 0.3) is 0 Å². The second-order valence-corrected chi connectivity index (χ2v) is 16.1. The van der Waals surface area contributed by atoms with Crippen molar-refractivity contribution in [2.45, 2.75) is 168 Å². The van der Waals surface area contributed by atoms with Crippen LogP contribution in [0.4, 0.5) is 0 Å². The third kappa shape index (κ3) is 37.8. The molecule has 0 saturated carbocycles. The third-order valence-corrected chi connectivity index (χ3v) is 9.38. The molecule has 0 saturated heterocycles. The first kappa shape index (κ1) is 49.2. The molecule has 0 aromatic rings. The van der Waals surface area contributed by atoms with Gasteiger partial charge in [-0.1, -0.05) is 115 Å². The topological polar surface area (TPSA) is 108 Å². The standard InChI is InChI=1S/C41H76NO8P/c1-6-8-10-12-14-16-18-20-21-22-24-25-27-29-31-33-40(43)47-37-39(38-49-51(45,46)48-36-35-42(3,4)5)50-41(44)34-32-30-28-26-23-19-17-15-13-11-9-7-2/h14-17,20-21,39H,6-13,18-19,22-38H2,1-5H3/p+1/b16-14-,17-15-,21-20-/t39-/m1/s1. The SMILES string of the molecule is CCCCC/C=C\C/C=C\CCCCCCCC(=O)OC[C@H](COP(=O)(O)OCC[N+](C)(C)C)OC(=O)CCCCCCC/C=C\CCCCC. The largest absolute Gasteiger partial charge is 0.472 e. The minimum atomic E-state index is -4.37. The number of unbranched alkanes of at least 4 members (excludes halogenated alkanes) is 16. The van der Waals surface area contributed by atoms with E-state index in [-0.39, 0.29) is 32.0 Å². The van der Waals surface area contributed by atoms with Gasteiger partial charge < -0.3 is 18.9 Å². The summed E-state index contributed by atoms with van der Waals surface area (Å²) in [6.07, 6.45) is 36.1. The molecule has 2 atom stereocenters. The Labute approximate surface area is 312 Å². The summed E-state index contributed by atoms with van der Waals surface area (Å²) in [5.41, 5.74) is 0. The Kier molecular flexibility index (Phi) is 32.8.